The Labute approximate surface area is 264 Å². The van der Waals surface area contributed by atoms with Crippen LogP contribution in [-0.4, -0.2) is 49.5 Å². The van der Waals surface area contributed by atoms with Gasteiger partial charge in [-0.1, -0.05) is 24.3 Å². The van der Waals surface area contributed by atoms with Crippen molar-refractivity contribution in [2.24, 2.45) is 0 Å². The minimum absolute atomic E-state index is 0.0997. The standard InChI is InChI=1S/C35H30FN3O6S/c1-3-46(42,43)38-28-17-32-27(33(35(41)37-2)34(45-32)20-8-11-23(36)12-9-20)16-25(28)21-10-13-31-26(14-21)30-15-22-6-4-5-7-29(22)39(30)18-24(40)19-44-31/h4-17,24,38,40H,3,18-19H2,1-2H3,(H,37,41). The molecule has 2 aromatic heterocycles. The number of carbonyl (C=O) groups excluding carboxylic acids is 1. The number of furan rings is 1. The molecule has 11 heteroatoms. The van der Waals surface area contributed by atoms with Gasteiger partial charge >= 0.3 is 0 Å². The molecule has 4 aromatic carbocycles. The fourth-order valence-corrected chi connectivity index (χ4v) is 6.61. The Morgan fingerprint density at radius 2 is 1.76 bits per heavy atom. The number of anilines is 1. The zero-order valence-electron chi connectivity index (χ0n) is 25.0. The molecule has 0 saturated carbocycles. The van der Waals surface area contributed by atoms with E-state index in [-0.39, 0.29) is 35.0 Å². The lowest BCUT2D eigenvalue weighted by Crippen LogP contribution is -2.25. The topological polar surface area (TPSA) is 123 Å². The number of aliphatic hydroxyl groups excluding tert-OH is 1. The van der Waals surface area contributed by atoms with Crippen molar-refractivity contribution in [1.82, 2.24) is 9.88 Å². The molecule has 7 rings (SSSR count). The van der Waals surface area contributed by atoms with Crippen LogP contribution in [0.25, 0.3) is 55.6 Å². The van der Waals surface area contributed by atoms with Crippen LogP contribution < -0.4 is 14.8 Å². The number of amides is 1. The number of sulfonamides is 1. The van der Waals surface area contributed by atoms with Gasteiger partial charge in [0.05, 0.1) is 29.2 Å². The molecule has 1 aliphatic rings. The summed E-state index contributed by atoms with van der Waals surface area (Å²) in [6, 6.07) is 24.4. The van der Waals surface area contributed by atoms with E-state index < -0.39 is 27.9 Å². The summed E-state index contributed by atoms with van der Waals surface area (Å²) in [5.74, 6) is -0.216. The number of rotatable bonds is 6. The minimum Gasteiger partial charge on any atom is -0.490 e. The number of nitrogens with one attached hydrogen (secondary N) is 2. The summed E-state index contributed by atoms with van der Waals surface area (Å²) in [6.07, 6.45) is -0.723. The van der Waals surface area contributed by atoms with Crippen LogP contribution >= 0.6 is 0 Å². The summed E-state index contributed by atoms with van der Waals surface area (Å²) in [5, 5.41) is 14.8. The molecule has 9 nitrogen and oxygen atoms in total. The Morgan fingerprint density at radius 1 is 1.00 bits per heavy atom. The number of carbonyl (C=O) groups is 1. The Kier molecular flexibility index (Phi) is 7.29. The van der Waals surface area contributed by atoms with Crippen molar-refractivity contribution in [3.8, 4) is 39.5 Å². The van der Waals surface area contributed by atoms with Crippen LogP contribution in [0.4, 0.5) is 10.1 Å². The summed E-state index contributed by atoms with van der Waals surface area (Å²) in [6.45, 7) is 1.97. The van der Waals surface area contributed by atoms with Gasteiger partial charge < -0.3 is 24.1 Å². The normalized spacial score (nSPS) is 14.7. The monoisotopic (exact) mass is 639 g/mol. The van der Waals surface area contributed by atoms with E-state index in [1.807, 2.05) is 42.5 Å². The molecule has 46 heavy (non-hydrogen) atoms. The van der Waals surface area contributed by atoms with Crippen molar-refractivity contribution in [3.05, 3.63) is 96.3 Å². The van der Waals surface area contributed by atoms with Crippen LogP contribution in [0.5, 0.6) is 5.75 Å². The minimum atomic E-state index is -3.72. The van der Waals surface area contributed by atoms with Crippen LogP contribution in [0.2, 0.25) is 0 Å². The highest BCUT2D eigenvalue weighted by Gasteiger charge is 2.26. The fraction of sp³-hybridized carbons (Fsp3) is 0.171. The van der Waals surface area contributed by atoms with E-state index in [1.165, 1.54) is 31.3 Å². The van der Waals surface area contributed by atoms with Crippen molar-refractivity contribution in [3.63, 3.8) is 0 Å². The summed E-state index contributed by atoms with van der Waals surface area (Å²) in [5.41, 5.74) is 4.99. The number of aliphatic hydroxyl groups is 1. The number of hydrogen-bond donors (Lipinski definition) is 3. The number of para-hydroxylation sites is 1. The number of hydrogen-bond acceptors (Lipinski definition) is 6. The quantitative estimate of drug-likeness (QED) is 0.194. The summed E-state index contributed by atoms with van der Waals surface area (Å²) in [7, 11) is -2.22. The molecular formula is C35H30FN3O6S. The van der Waals surface area contributed by atoms with Gasteiger partial charge in [0.2, 0.25) is 10.0 Å². The Morgan fingerprint density at radius 3 is 2.52 bits per heavy atom. The van der Waals surface area contributed by atoms with E-state index in [4.69, 9.17) is 9.15 Å². The number of ether oxygens (including phenoxy) is 1. The molecule has 6 aromatic rings. The molecule has 0 saturated heterocycles. The van der Waals surface area contributed by atoms with E-state index in [0.29, 0.717) is 34.4 Å². The number of aromatic nitrogens is 1. The maximum atomic E-state index is 13.8. The van der Waals surface area contributed by atoms with E-state index in [0.717, 1.165) is 22.2 Å². The third kappa shape index (κ3) is 5.17. The van der Waals surface area contributed by atoms with Gasteiger partial charge in [0.25, 0.3) is 5.91 Å². The molecule has 1 atom stereocenters. The molecule has 234 valence electrons. The van der Waals surface area contributed by atoms with Gasteiger partial charge in [-0.25, -0.2) is 12.8 Å². The molecule has 3 heterocycles. The van der Waals surface area contributed by atoms with Gasteiger partial charge in [0.1, 0.15) is 35.6 Å². The van der Waals surface area contributed by atoms with Gasteiger partial charge in [-0.2, -0.15) is 0 Å². The molecule has 1 aliphatic heterocycles. The van der Waals surface area contributed by atoms with Gasteiger partial charge in [0.15, 0.2) is 0 Å². The van der Waals surface area contributed by atoms with Gasteiger partial charge in [0, 0.05) is 46.1 Å². The van der Waals surface area contributed by atoms with Gasteiger partial charge in [-0.15, -0.1) is 0 Å². The molecule has 1 unspecified atom stereocenters. The average molecular weight is 640 g/mol. The molecule has 0 radical (unpaired) electrons. The second-order valence-electron chi connectivity index (χ2n) is 11.2. The molecule has 0 fully saturated rings. The lowest BCUT2D eigenvalue weighted by molar-refractivity contribution is 0.0921. The molecular weight excluding hydrogens is 609 g/mol. The first-order valence-corrected chi connectivity index (χ1v) is 16.4. The smallest absolute Gasteiger partial charge is 0.255 e. The largest absolute Gasteiger partial charge is 0.490 e. The van der Waals surface area contributed by atoms with Crippen molar-refractivity contribution >= 4 is 43.5 Å². The number of halogens is 1. The average Bonchev–Trinajstić information content (AvgIpc) is 3.60. The number of nitrogens with zero attached hydrogens (tertiary/aromatic N) is 1. The predicted octanol–water partition coefficient (Wildman–Crippen LogP) is 6.40. The van der Waals surface area contributed by atoms with E-state index in [9.17, 15) is 22.7 Å². The summed E-state index contributed by atoms with van der Waals surface area (Å²) >= 11 is 0. The highest BCUT2D eigenvalue weighted by Crippen LogP contribution is 2.43. The van der Waals surface area contributed by atoms with E-state index in [2.05, 4.69) is 14.6 Å². The Balaban J connectivity index is 1.48. The lowest BCUT2D eigenvalue weighted by Gasteiger charge is -2.23. The zero-order valence-corrected chi connectivity index (χ0v) is 25.8. The SMILES string of the molecule is CCS(=O)(=O)Nc1cc2oc(-c3ccc(F)cc3)c(C(=O)NC)c2cc1-c1ccc2c(c1)-c1cc3ccccc3n1CC(O)CO2. The third-order valence-electron chi connectivity index (χ3n) is 8.24. The van der Waals surface area contributed by atoms with Crippen LogP contribution in [0.3, 0.4) is 0 Å². The second-order valence-corrected chi connectivity index (χ2v) is 13.2. The maximum Gasteiger partial charge on any atom is 0.255 e. The third-order valence-corrected chi connectivity index (χ3v) is 9.53. The molecule has 1 amide bonds. The summed E-state index contributed by atoms with van der Waals surface area (Å²) in [4.78, 5) is 13.3. The van der Waals surface area contributed by atoms with E-state index >= 15 is 0 Å². The van der Waals surface area contributed by atoms with Crippen molar-refractivity contribution < 1.29 is 31.9 Å². The summed E-state index contributed by atoms with van der Waals surface area (Å²) < 4.78 is 56.5. The van der Waals surface area contributed by atoms with Crippen LogP contribution in [0.1, 0.15) is 17.3 Å². The first-order chi connectivity index (χ1) is 22.2. The van der Waals surface area contributed by atoms with Crippen LogP contribution in [0.15, 0.2) is 89.3 Å². The highest BCUT2D eigenvalue weighted by atomic mass is 32.2. The maximum absolute atomic E-state index is 13.8. The zero-order chi connectivity index (χ0) is 32.2. The molecule has 0 spiro atoms. The fourth-order valence-electron chi connectivity index (χ4n) is 5.96. The highest BCUT2D eigenvalue weighted by molar-refractivity contribution is 7.92. The Bertz CT molecular complexity index is 2260. The number of benzene rings is 4. The van der Waals surface area contributed by atoms with Crippen LogP contribution in [0, 0.1) is 5.82 Å². The van der Waals surface area contributed by atoms with E-state index in [1.54, 1.807) is 25.1 Å². The van der Waals surface area contributed by atoms with Gasteiger partial charge in [-0.3, -0.25) is 9.52 Å². The lowest BCUT2D eigenvalue weighted by atomic mass is 9.96. The Hall–Kier alpha value is -5.13. The van der Waals surface area contributed by atoms with Crippen molar-refractivity contribution in [2.75, 3.05) is 24.1 Å². The first kappa shape index (κ1) is 29.6. The molecule has 0 bridgehead atoms. The molecule has 3 N–H and O–H groups in total. The second kappa shape index (κ2) is 11.3. The number of fused-ring (bicyclic) bond motifs is 6. The molecule has 0 aliphatic carbocycles. The predicted molar refractivity (Wildman–Crippen MR) is 176 cm³/mol. The van der Waals surface area contributed by atoms with Gasteiger partial charge in [-0.05, 0) is 67.1 Å². The van der Waals surface area contributed by atoms with Crippen molar-refractivity contribution in [2.45, 2.75) is 19.6 Å². The first-order valence-electron chi connectivity index (χ1n) is 14.8. The van der Waals surface area contributed by atoms with Crippen LogP contribution in [-0.2, 0) is 16.6 Å². The van der Waals surface area contributed by atoms with Crippen molar-refractivity contribution in [1.29, 1.82) is 0 Å².